The highest BCUT2D eigenvalue weighted by Gasteiger charge is 2.21. The average Bonchev–Trinajstić information content (AvgIpc) is 3.10. The van der Waals surface area contributed by atoms with Gasteiger partial charge in [0.25, 0.3) is 0 Å². The topological polar surface area (TPSA) is 47.5 Å². The van der Waals surface area contributed by atoms with Crippen molar-refractivity contribution in [1.29, 1.82) is 0 Å². The Bertz CT molecular complexity index is 928. The third-order valence-corrected chi connectivity index (χ3v) is 6.04. The van der Waals surface area contributed by atoms with E-state index in [0.29, 0.717) is 16.7 Å². The van der Waals surface area contributed by atoms with Gasteiger partial charge in [-0.2, -0.15) is 17.0 Å². The van der Waals surface area contributed by atoms with Crippen LogP contribution in [0.2, 0.25) is 0 Å². The highest BCUT2D eigenvalue weighted by Crippen LogP contribution is 2.36. The molecule has 0 spiro atoms. The monoisotopic (exact) mass is 387 g/mol. The van der Waals surface area contributed by atoms with Gasteiger partial charge < -0.3 is 14.4 Å². The van der Waals surface area contributed by atoms with E-state index in [4.69, 9.17) is 14.5 Å². The van der Waals surface area contributed by atoms with Gasteiger partial charge in [0, 0.05) is 30.1 Å². The number of pyridine rings is 1. The molecule has 0 radical (unpaired) electrons. The van der Waals surface area contributed by atoms with Crippen LogP contribution in [0.1, 0.15) is 12.8 Å². The number of methoxy groups -OCH3 is 2. The van der Waals surface area contributed by atoms with E-state index in [0.717, 1.165) is 46.7 Å². The van der Waals surface area contributed by atoms with Crippen molar-refractivity contribution in [2.45, 2.75) is 18.1 Å². The van der Waals surface area contributed by atoms with E-state index in [2.05, 4.69) is 28.0 Å². The molecule has 1 aliphatic heterocycles. The lowest BCUT2D eigenvalue weighted by atomic mass is 10.1. The molecular weight excluding hydrogens is 366 g/mol. The molecule has 7 heteroatoms. The van der Waals surface area contributed by atoms with Gasteiger partial charge in [0.05, 0.1) is 14.2 Å². The van der Waals surface area contributed by atoms with Gasteiger partial charge >= 0.3 is 0 Å². The molecule has 1 atom stereocenters. The number of thiol groups is 1. The molecule has 0 bridgehead atoms. The predicted octanol–water partition coefficient (Wildman–Crippen LogP) is 4.27. The van der Waals surface area contributed by atoms with Crippen LogP contribution < -0.4 is 14.4 Å². The van der Waals surface area contributed by atoms with E-state index in [-0.39, 0.29) is 0 Å². The summed E-state index contributed by atoms with van der Waals surface area (Å²) >= 11 is 6.17. The van der Waals surface area contributed by atoms with Crippen LogP contribution in [0.3, 0.4) is 0 Å². The van der Waals surface area contributed by atoms with Crippen LogP contribution in [-0.4, -0.2) is 41.9 Å². The number of aromatic nitrogens is 2. The lowest BCUT2D eigenvalue weighted by molar-refractivity contribution is 0.355. The van der Waals surface area contributed by atoms with Crippen molar-refractivity contribution in [3.63, 3.8) is 0 Å². The first-order valence-electron chi connectivity index (χ1n) is 8.60. The number of piperidine rings is 1. The lowest BCUT2D eigenvalue weighted by Gasteiger charge is -2.30. The molecule has 5 nitrogen and oxygen atoms in total. The minimum Gasteiger partial charge on any atom is -0.493 e. The summed E-state index contributed by atoms with van der Waals surface area (Å²) in [5.74, 6) is 1.42. The van der Waals surface area contributed by atoms with E-state index >= 15 is 0 Å². The molecule has 1 aliphatic rings. The van der Waals surface area contributed by atoms with Gasteiger partial charge in [0.2, 0.25) is 0 Å². The Balaban J connectivity index is 1.69. The highest BCUT2D eigenvalue weighted by atomic mass is 32.1. The summed E-state index contributed by atoms with van der Waals surface area (Å²) in [6.07, 6.45) is 4.24. The molecule has 1 fully saturated rings. The van der Waals surface area contributed by atoms with Crippen molar-refractivity contribution in [2.24, 2.45) is 0 Å². The van der Waals surface area contributed by atoms with Gasteiger partial charge in [-0.15, -0.1) is 0 Å². The zero-order chi connectivity index (χ0) is 18.1. The number of ether oxygens (including phenoxy) is 2. The van der Waals surface area contributed by atoms with Crippen LogP contribution in [0.15, 0.2) is 30.5 Å². The smallest absolute Gasteiger partial charge is 0.161 e. The lowest BCUT2D eigenvalue weighted by Crippen LogP contribution is -2.35. The first-order valence-corrected chi connectivity index (χ1v) is 9.89. The summed E-state index contributed by atoms with van der Waals surface area (Å²) in [4.78, 5) is 7.09. The number of hydrogen-bond donors (Lipinski definition) is 1. The Hall–Kier alpha value is -1.99. The summed E-state index contributed by atoms with van der Waals surface area (Å²) in [5, 5.41) is 1.57. The molecule has 4 rings (SSSR count). The molecular formula is C19H21N3O2S2. The van der Waals surface area contributed by atoms with Gasteiger partial charge in [0.1, 0.15) is 16.0 Å². The van der Waals surface area contributed by atoms with Gasteiger partial charge in [-0.1, -0.05) is 6.07 Å². The fraction of sp³-hybridized carbons (Fsp3) is 0.368. The van der Waals surface area contributed by atoms with Crippen molar-refractivity contribution in [1.82, 2.24) is 9.36 Å². The minimum absolute atomic E-state index is 0.423. The summed E-state index contributed by atoms with van der Waals surface area (Å²) in [7, 11) is 3.28. The van der Waals surface area contributed by atoms with E-state index in [1.807, 2.05) is 24.4 Å². The van der Waals surface area contributed by atoms with Crippen LogP contribution in [0.4, 0.5) is 5.00 Å². The molecule has 1 unspecified atom stereocenters. The van der Waals surface area contributed by atoms with Crippen molar-refractivity contribution in [3.05, 3.63) is 30.5 Å². The minimum atomic E-state index is 0.423. The summed E-state index contributed by atoms with van der Waals surface area (Å²) in [6, 6.07) is 7.97. The van der Waals surface area contributed by atoms with Gasteiger partial charge in [-0.05, 0) is 48.1 Å². The molecule has 0 N–H and O–H groups in total. The zero-order valence-electron chi connectivity index (χ0n) is 14.8. The molecule has 3 heterocycles. The maximum atomic E-state index is 5.41. The fourth-order valence-corrected chi connectivity index (χ4v) is 4.57. The maximum Gasteiger partial charge on any atom is 0.161 e. The fourth-order valence-electron chi connectivity index (χ4n) is 3.34. The zero-order valence-corrected chi connectivity index (χ0v) is 16.5. The Morgan fingerprint density at radius 2 is 2.00 bits per heavy atom. The van der Waals surface area contributed by atoms with E-state index in [9.17, 15) is 0 Å². The van der Waals surface area contributed by atoms with Crippen LogP contribution in [0.5, 0.6) is 11.5 Å². The number of fused-ring (bicyclic) bond motifs is 1. The van der Waals surface area contributed by atoms with Gasteiger partial charge in [-0.25, -0.2) is 0 Å². The molecule has 0 saturated carbocycles. The predicted molar refractivity (Wildman–Crippen MR) is 110 cm³/mol. The first kappa shape index (κ1) is 17.4. The first-order chi connectivity index (χ1) is 12.7. The van der Waals surface area contributed by atoms with Crippen molar-refractivity contribution >= 4 is 40.2 Å². The number of hydrogen-bond acceptors (Lipinski definition) is 7. The number of benzene rings is 1. The molecule has 136 valence electrons. The Kier molecular flexibility index (Phi) is 4.91. The van der Waals surface area contributed by atoms with Crippen LogP contribution in [0.25, 0.3) is 22.2 Å². The van der Waals surface area contributed by atoms with Crippen LogP contribution >= 0.6 is 24.2 Å². The molecule has 0 aliphatic carbocycles. The van der Waals surface area contributed by atoms with E-state index in [1.165, 1.54) is 18.0 Å². The Morgan fingerprint density at radius 3 is 2.77 bits per heavy atom. The van der Waals surface area contributed by atoms with Crippen LogP contribution in [0, 0.1) is 0 Å². The second-order valence-corrected chi connectivity index (χ2v) is 7.87. The third-order valence-electron chi connectivity index (χ3n) is 4.70. The molecule has 2 aromatic heterocycles. The second-order valence-electron chi connectivity index (χ2n) is 6.39. The molecule has 3 aromatic rings. The molecule has 0 amide bonds. The van der Waals surface area contributed by atoms with Gasteiger partial charge in [-0.3, -0.25) is 4.98 Å². The third kappa shape index (κ3) is 3.21. The average molecular weight is 388 g/mol. The molecule has 26 heavy (non-hydrogen) atoms. The van der Waals surface area contributed by atoms with Crippen molar-refractivity contribution in [3.8, 4) is 22.6 Å². The Labute approximate surface area is 162 Å². The van der Waals surface area contributed by atoms with Crippen LogP contribution in [-0.2, 0) is 0 Å². The summed E-state index contributed by atoms with van der Waals surface area (Å²) < 4.78 is 15.4. The highest BCUT2D eigenvalue weighted by molar-refractivity contribution is 7.81. The largest absolute Gasteiger partial charge is 0.493 e. The standard InChI is InChI=1S/C19H21N3O2S2/c1-23-16-6-5-12(9-17(16)24-2)13-8-15-18(20-10-13)19(26-21-15)22-7-3-4-14(25)11-22/h5-6,8-10,14,25H,3-4,7,11H2,1-2H3. The Morgan fingerprint density at radius 1 is 1.15 bits per heavy atom. The normalized spacial score (nSPS) is 17.5. The maximum absolute atomic E-state index is 5.41. The van der Waals surface area contributed by atoms with E-state index in [1.54, 1.807) is 14.2 Å². The SMILES string of the molecule is COc1ccc(-c2cnc3c(N4CCCC(S)C4)snc3c2)cc1OC. The second kappa shape index (κ2) is 7.32. The number of nitrogens with zero attached hydrogens (tertiary/aromatic N) is 3. The summed E-state index contributed by atoms with van der Waals surface area (Å²) in [6.45, 7) is 2.01. The summed E-state index contributed by atoms with van der Waals surface area (Å²) in [5.41, 5.74) is 3.95. The molecule has 1 aromatic carbocycles. The van der Waals surface area contributed by atoms with Crippen molar-refractivity contribution < 1.29 is 9.47 Å². The van der Waals surface area contributed by atoms with E-state index < -0.39 is 0 Å². The molecule has 1 saturated heterocycles. The quantitative estimate of drug-likeness (QED) is 0.677. The number of rotatable bonds is 4. The van der Waals surface area contributed by atoms with Gasteiger partial charge in [0.15, 0.2) is 11.5 Å². The van der Waals surface area contributed by atoms with Crippen molar-refractivity contribution in [2.75, 3.05) is 32.2 Å². The number of anilines is 1.